The Morgan fingerprint density at radius 3 is 2.64 bits per heavy atom. The lowest BCUT2D eigenvalue weighted by molar-refractivity contribution is -0.123. The number of nitrogens with zero attached hydrogens (tertiary/aromatic N) is 4. The zero-order valence-corrected chi connectivity index (χ0v) is 17.2. The van der Waals surface area contributed by atoms with Crippen molar-refractivity contribution in [2.75, 3.05) is 16.8 Å². The van der Waals surface area contributed by atoms with Gasteiger partial charge in [-0.05, 0) is 6.42 Å². The first-order valence-corrected chi connectivity index (χ1v) is 10.2. The summed E-state index contributed by atoms with van der Waals surface area (Å²) in [6.07, 6.45) is 2.29. The molecule has 0 spiro atoms. The summed E-state index contributed by atoms with van der Waals surface area (Å²) >= 11 is 2.07. The van der Waals surface area contributed by atoms with Gasteiger partial charge in [0.25, 0.3) is 0 Å². The second-order valence-electron chi connectivity index (χ2n) is 6.02. The molecule has 0 bridgehead atoms. The van der Waals surface area contributed by atoms with E-state index in [1.165, 1.54) is 11.0 Å². The molecule has 2 amide bonds. The van der Waals surface area contributed by atoms with Gasteiger partial charge < -0.3 is 16.4 Å². The van der Waals surface area contributed by atoms with Crippen molar-refractivity contribution < 1.29 is 9.59 Å². The van der Waals surface area contributed by atoms with E-state index in [4.69, 9.17) is 5.73 Å². The number of alkyl halides is 1. The van der Waals surface area contributed by atoms with Crippen molar-refractivity contribution in [3.05, 3.63) is 36.7 Å². The van der Waals surface area contributed by atoms with Gasteiger partial charge in [0.1, 0.15) is 24.4 Å². The first-order valence-electron chi connectivity index (χ1n) is 8.72. The van der Waals surface area contributed by atoms with Crippen molar-refractivity contribution in [1.29, 1.82) is 0 Å². The van der Waals surface area contributed by atoms with E-state index >= 15 is 0 Å². The molecule has 0 atom stereocenters. The molecule has 0 saturated heterocycles. The minimum atomic E-state index is -0.213. The predicted octanol–water partition coefficient (Wildman–Crippen LogP) is 1.48. The van der Waals surface area contributed by atoms with E-state index in [1.54, 1.807) is 0 Å². The van der Waals surface area contributed by atoms with Gasteiger partial charge in [-0.25, -0.2) is 14.6 Å². The van der Waals surface area contributed by atoms with Gasteiger partial charge >= 0.3 is 0 Å². The van der Waals surface area contributed by atoms with E-state index in [-0.39, 0.29) is 18.4 Å². The van der Waals surface area contributed by atoms with Gasteiger partial charge in [-0.1, -0.05) is 52.9 Å². The van der Waals surface area contributed by atoms with Gasteiger partial charge in [-0.3, -0.25) is 9.59 Å². The van der Waals surface area contributed by atoms with Crippen molar-refractivity contribution in [3.8, 4) is 11.3 Å². The van der Waals surface area contributed by atoms with E-state index < -0.39 is 0 Å². The Labute approximate surface area is 175 Å². The topological polar surface area (TPSA) is 128 Å². The molecular formula is C18H20IN7O2. The lowest BCUT2D eigenvalue weighted by atomic mass is 10.1. The van der Waals surface area contributed by atoms with Gasteiger partial charge in [0.15, 0.2) is 5.65 Å². The lowest BCUT2D eigenvalue weighted by Gasteiger charge is -2.06. The number of carbonyl (C=O) groups is 2. The van der Waals surface area contributed by atoms with Crippen molar-refractivity contribution in [1.82, 2.24) is 30.4 Å². The Morgan fingerprint density at radius 1 is 1.11 bits per heavy atom. The number of hydrogen-bond donors (Lipinski definition) is 3. The van der Waals surface area contributed by atoms with Gasteiger partial charge in [0.2, 0.25) is 11.8 Å². The second kappa shape index (κ2) is 9.44. The van der Waals surface area contributed by atoms with Crippen LogP contribution in [0.25, 0.3) is 22.3 Å². The Bertz CT molecular complexity index is 975. The van der Waals surface area contributed by atoms with Crippen LogP contribution in [-0.2, 0) is 16.1 Å². The first kappa shape index (κ1) is 20.0. The zero-order chi connectivity index (χ0) is 19.9. The molecule has 28 heavy (non-hydrogen) atoms. The average molecular weight is 493 g/mol. The lowest BCUT2D eigenvalue weighted by Crippen LogP contribution is -2.30. The van der Waals surface area contributed by atoms with Crippen LogP contribution in [0.15, 0.2) is 36.7 Å². The number of nitrogens with two attached hydrogens (primary N) is 1. The number of aromatic nitrogens is 4. The number of hydrogen-bond acceptors (Lipinski definition) is 6. The van der Waals surface area contributed by atoms with Crippen LogP contribution in [0, 0.1) is 0 Å². The maximum Gasteiger partial charge on any atom is 0.241 e. The van der Waals surface area contributed by atoms with Crippen molar-refractivity contribution >= 4 is 51.3 Å². The molecule has 1 aromatic carbocycles. The molecule has 3 aromatic rings. The maximum absolute atomic E-state index is 12.3. The van der Waals surface area contributed by atoms with Crippen LogP contribution in [0.3, 0.4) is 0 Å². The molecule has 0 radical (unpaired) electrons. The van der Waals surface area contributed by atoms with Crippen LogP contribution in [0.5, 0.6) is 0 Å². The summed E-state index contributed by atoms with van der Waals surface area (Å²) in [6.45, 7) is 0.412. The number of rotatable bonds is 8. The van der Waals surface area contributed by atoms with Crippen LogP contribution in [0.4, 0.5) is 5.82 Å². The molecule has 0 aliphatic rings. The summed E-state index contributed by atoms with van der Waals surface area (Å²) in [6, 6.07) is 9.55. The minimum absolute atomic E-state index is 0.000264. The Kier molecular flexibility index (Phi) is 6.74. The fourth-order valence-electron chi connectivity index (χ4n) is 2.77. The fraction of sp³-hybridized carbons (Fsp3) is 0.278. The van der Waals surface area contributed by atoms with E-state index in [0.29, 0.717) is 46.5 Å². The number of nitrogens with one attached hydrogen (secondary N) is 2. The van der Waals surface area contributed by atoms with Gasteiger partial charge in [0.05, 0.1) is 9.94 Å². The maximum atomic E-state index is 12.3. The third-order valence-electron chi connectivity index (χ3n) is 4.07. The number of halogens is 1. The number of amides is 2. The Morgan fingerprint density at radius 2 is 1.89 bits per heavy atom. The number of anilines is 1. The van der Waals surface area contributed by atoms with E-state index in [1.807, 2.05) is 30.3 Å². The number of nitrogen functional groups attached to an aromatic ring is 1. The summed E-state index contributed by atoms with van der Waals surface area (Å²) in [4.78, 5) is 32.0. The standard InChI is InChI=1S/C18H20IN7O2/c19-10-22-13(27)7-4-8-21-14(28)9-26-18-15(17(20)23-11-24-18)16(25-26)12-5-2-1-3-6-12/h1-3,5-6,11H,4,7-10H2,(H,21,28)(H,22,27)(H2,20,23,24). The van der Waals surface area contributed by atoms with E-state index in [0.717, 1.165) is 5.56 Å². The predicted molar refractivity (Wildman–Crippen MR) is 114 cm³/mol. The molecule has 2 heterocycles. The van der Waals surface area contributed by atoms with E-state index in [9.17, 15) is 9.59 Å². The highest BCUT2D eigenvalue weighted by molar-refractivity contribution is 14.1. The third kappa shape index (κ3) is 4.74. The highest BCUT2D eigenvalue weighted by Gasteiger charge is 2.18. The van der Waals surface area contributed by atoms with Crippen LogP contribution < -0.4 is 16.4 Å². The van der Waals surface area contributed by atoms with Gasteiger partial charge in [-0.2, -0.15) is 5.10 Å². The molecule has 0 unspecified atom stereocenters. The number of carbonyl (C=O) groups excluding carboxylic acids is 2. The van der Waals surface area contributed by atoms with Gasteiger partial charge in [0, 0.05) is 18.5 Å². The summed E-state index contributed by atoms with van der Waals surface area (Å²) in [7, 11) is 0. The van der Waals surface area contributed by atoms with Crippen LogP contribution in [-0.4, -0.2) is 42.7 Å². The average Bonchev–Trinajstić information content (AvgIpc) is 3.06. The summed E-state index contributed by atoms with van der Waals surface area (Å²) in [5.74, 6) is 0.0775. The molecule has 4 N–H and O–H groups in total. The van der Waals surface area contributed by atoms with Crippen LogP contribution in [0.2, 0.25) is 0 Å². The highest BCUT2D eigenvalue weighted by Crippen LogP contribution is 2.29. The quantitative estimate of drug-likeness (QED) is 0.189. The van der Waals surface area contributed by atoms with Gasteiger partial charge in [-0.15, -0.1) is 0 Å². The van der Waals surface area contributed by atoms with Crippen molar-refractivity contribution in [2.24, 2.45) is 0 Å². The van der Waals surface area contributed by atoms with Crippen LogP contribution in [0.1, 0.15) is 12.8 Å². The van der Waals surface area contributed by atoms with Crippen molar-refractivity contribution in [2.45, 2.75) is 19.4 Å². The molecule has 0 saturated carbocycles. The zero-order valence-electron chi connectivity index (χ0n) is 15.1. The first-order chi connectivity index (χ1) is 13.6. The molecule has 3 rings (SSSR count). The summed E-state index contributed by atoms with van der Waals surface area (Å²) in [5.41, 5.74) is 8.05. The molecule has 146 valence electrons. The molecule has 0 fully saturated rings. The summed E-state index contributed by atoms with van der Waals surface area (Å²) in [5, 5.41) is 10.7. The number of benzene rings is 1. The molecule has 2 aromatic heterocycles. The third-order valence-corrected chi connectivity index (χ3v) is 4.45. The fourth-order valence-corrected chi connectivity index (χ4v) is 3.20. The SMILES string of the molecule is Nc1ncnc2c1c(-c1ccccc1)nn2CC(=O)NCCCC(=O)NCI. The minimum Gasteiger partial charge on any atom is -0.383 e. The monoisotopic (exact) mass is 493 g/mol. The Hall–Kier alpha value is -2.76. The van der Waals surface area contributed by atoms with E-state index in [2.05, 4.69) is 48.3 Å². The second-order valence-corrected chi connectivity index (χ2v) is 6.78. The van der Waals surface area contributed by atoms with Crippen molar-refractivity contribution in [3.63, 3.8) is 0 Å². The molecule has 0 aliphatic carbocycles. The Balaban J connectivity index is 1.72. The summed E-state index contributed by atoms with van der Waals surface area (Å²) < 4.78 is 2.10. The van der Waals surface area contributed by atoms with Crippen LogP contribution >= 0.6 is 22.6 Å². The normalized spacial score (nSPS) is 10.8. The largest absolute Gasteiger partial charge is 0.383 e. The molecule has 9 nitrogen and oxygen atoms in total. The molecular weight excluding hydrogens is 473 g/mol. The smallest absolute Gasteiger partial charge is 0.241 e. The number of fused-ring (bicyclic) bond motifs is 1. The molecule has 0 aliphatic heterocycles. The highest BCUT2D eigenvalue weighted by atomic mass is 127. The molecule has 10 heteroatoms.